The maximum absolute atomic E-state index is 13.8. The highest BCUT2D eigenvalue weighted by Crippen LogP contribution is 2.35. The highest BCUT2D eigenvalue weighted by Gasteiger charge is 2.35. The van der Waals surface area contributed by atoms with Gasteiger partial charge < -0.3 is 40.3 Å². The van der Waals surface area contributed by atoms with E-state index in [-0.39, 0.29) is 48.9 Å². The highest BCUT2D eigenvalue weighted by atomic mass is 16.5. The van der Waals surface area contributed by atoms with Crippen LogP contribution in [0.25, 0.3) is 10.8 Å². The molecule has 4 aromatic rings. The van der Waals surface area contributed by atoms with Gasteiger partial charge in [-0.15, -0.1) is 0 Å². The summed E-state index contributed by atoms with van der Waals surface area (Å²) in [6.45, 7) is 3.94. The lowest BCUT2D eigenvalue weighted by atomic mass is 9.99. The Labute approximate surface area is 268 Å². The molecular formula is C35H39N5O6. The Kier molecular flexibility index (Phi) is 9.92. The lowest BCUT2D eigenvalue weighted by Crippen LogP contribution is -2.50. The van der Waals surface area contributed by atoms with Gasteiger partial charge in [-0.05, 0) is 54.8 Å². The Morgan fingerprint density at radius 2 is 1.65 bits per heavy atom. The van der Waals surface area contributed by atoms with Crippen LogP contribution in [-0.2, 0) is 0 Å². The SMILES string of the molecule is COc1ccc(NC(=O)N(C)C[C@@H]2Oc3c(NC(=O)Nc4cccc5ccccc45)cccc3C(=O)N([C@H](C)CO)C[C@@H]2C)cc1. The first-order chi connectivity index (χ1) is 22.2. The predicted molar refractivity (Wildman–Crippen MR) is 179 cm³/mol. The van der Waals surface area contributed by atoms with Gasteiger partial charge in [0.2, 0.25) is 0 Å². The van der Waals surface area contributed by atoms with Crippen molar-refractivity contribution >= 4 is 45.8 Å². The molecule has 5 amide bonds. The van der Waals surface area contributed by atoms with E-state index >= 15 is 0 Å². The second kappa shape index (κ2) is 14.2. The monoisotopic (exact) mass is 625 g/mol. The molecule has 4 aromatic carbocycles. The molecule has 0 bridgehead atoms. The number of nitrogens with zero attached hydrogens (tertiary/aromatic N) is 2. The molecule has 11 heteroatoms. The van der Waals surface area contributed by atoms with Gasteiger partial charge in [-0.2, -0.15) is 0 Å². The molecule has 240 valence electrons. The fourth-order valence-corrected chi connectivity index (χ4v) is 5.42. The van der Waals surface area contributed by atoms with Gasteiger partial charge in [0.25, 0.3) is 5.91 Å². The molecule has 0 spiro atoms. The maximum atomic E-state index is 13.8. The largest absolute Gasteiger partial charge is 0.497 e. The number of benzene rings is 4. The van der Waals surface area contributed by atoms with E-state index < -0.39 is 18.2 Å². The Balaban J connectivity index is 1.41. The number of nitrogens with one attached hydrogen (secondary N) is 3. The number of amides is 5. The summed E-state index contributed by atoms with van der Waals surface area (Å²) in [5, 5.41) is 20.5. The molecule has 0 aromatic heterocycles. The minimum Gasteiger partial charge on any atom is -0.497 e. The van der Waals surface area contributed by atoms with E-state index in [1.54, 1.807) is 68.4 Å². The average Bonchev–Trinajstić information content (AvgIpc) is 3.06. The highest BCUT2D eigenvalue weighted by molar-refractivity contribution is 6.08. The number of methoxy groups -OCH3 is 1. The zero-order valence-electron chi connectivity index (χ0n) is 26.3. The van der Waals surface area contributed by atoms with Gasteiger partial charge in [0.05, 0.1) is 43.2 Å². The molecule has 5 rings (SSSR count). The molecule has 46 heavy (non-hydrogen) atoms. The van der Waals surface area contributed by atoms with Crippen LogP contribution in [-0.4, -0.2) is 78.9 Å². The minimum atomic E-state index is -0.573. The number of aliphatic hydroxyl groups excluding tert-OH is 1. The fourth-order valence-electron chi connectivity index (χ4n) is 5.42. The summed E-state index contributed by atoms with van der Waals surface area (Å²) in [5.41, 5.74) is 1.77. The Bertz CT molecular complexity index is 1710. The number of ether oxygens (including phenoxy) is 2. The van der Waals surface area contributed by atoms with Crippen LogP contribution >= 0.6 is 0 Å². The van der Waals surface area contributed by atoms with Crippen molar-refractivity contribution in [1.29, 1.82) is 0 Å². The molecule has 3 atom stereocenters. The summed E-state index contributed by atoms with van der Waals surface area (Å²) >= 11 is 0. The average molecular weight is 626 g/mol. The van der Waals surface area contributed by atoms with Gasteiger partial charge in [-0.3, -0.25) is 4.79 Å². The summed E-state index contributed by atoms with van der Waals surface area (Å²) in [7, 11) is 3.24. The van der Waals surface area contributed by atoms with Crippen molar-refractivity contribution in [3.63, 3.8) is 0 Å². The number of rotatable bonds is 8. The molecule has 0 unspecified atom stereocenters. The van der Waals surface area contributed by atoms with Crippen LogP contribution in [0, 0.1) is 5.92 Å². The molecule has 4 N–H and O–H groups in total. The van der Waals surface area contributed by atoms with Crippen molar-refractivity contribution in [2.75, 3.05) is 49.8 Å². The standard InChI is InChI=1S/C35H39N5O6/c1-22-19-40(23(2)21-41)33(42)28-12-8-14-30(38-34(43)37-29-13-7-10-24-9-5-6-11-27(24)29)32(28)46-31(22)20-39(3)35(44)36-25-15-17-26(45-4)18-16-25/h5-18,22-23,31,41H,19-21H2,1-4H3,(H,36,44)(H2,37,38,43)/t22-,23+,31-/m0/s1. The van der Waals surface area contributed by atoms with Gasteiger partial charge in [-0.1, -0.05) is 49.4 Å². The summed E-state index contributed by atoms with van der Waals surface area (Å²) in [6.07, 6.45) is -0.573. The van der Waals surface area contributed by atoms with Gasteiger partial charge in [0.15, 0.2) is 5.75 Å². The molecule has 0 saturated carbocycles. The predicted octanol–water partition coefficient (Wildman–Crippen LogP) is 5.88. The van der Waals surface area contributed by atoms with Crippen LogP contribution in [0.2, 0.25) is 0 Å². The number of para-hydroxylation sites is 1. The lowest BCUT2D eigenvalue weighted by Gasteiger charge is -2.38. The zero-order chi connectivity index (χ0) is 32.8. The van der Waals surface area contributed by atoms with Crippen LogP contribution in [0.15, 0.2) is 84.9 Å². The molecule has 1 aliphatic heterocycles. The van der Waals surface area contributed by atoms with Crippen molar-refractivity contribution in [3.8, 4) is 11.5 Å². The van der Waals surface area contributed by atoms with Crippen molar-refractivity contribution < 1.29 is 29.0 Å². The quantitative estimate of drug-likeness (QED) is 0.194. The Morgan fingerprint density at radius 3 is 2.39 bits per heavy atom. The van der Waals surface area contributed by atoms with Crippen molar-refractivity contribution in [3.05, 3.63) is 90.5 Å². The third-order valence-corrected chi connectivity index (χ3v) is 8.12. The van der Waals surface area contributed by atoms with Crippen LogP contribution in [0.5, 0.6) is 11.5 Å². The molecule has 11 nitrogen and oxygen atoms in total. The molecule has 0 fully saturated rings. The van der Waals surface area contributed by atoms with E-state index in [1.807, 2.05) is 49.4 Å². The number of fused-ring (bicyclic) bond motifs is 2. The lowest BCUT2D eigenvalue weighted by molar-refractivity contribution is 0.0373. The fraction of sp³-hybridized carbons (Fsp3) is 0.286. The second-order valence-electron chi connectivity index (χ2n) is 11.4. The molecular weight excluding hydrogens is 586 g/mol. The first-order valence-electron chi connectivity index (χ1n) is 15.1. The number of carbonyl (C=O) groups excluding carboxylic acids is 3. The molecule has 1 heterocycles. The normalized spacial score (nSPS) is 16.7. The topological polar surface area (TPSA) is 132 Å². The third-order valence-electron chi connectivity index (χ3n) is 8.12. The number of aliphatic hydroxyl groups is 1. The van der Waals surface area contributed by atoms with Crippen molar-refractivity contribution in [1.82, 2.24) is 9.80 Å². The van der Waals surface area contributed by atoms with E-state index in [1.165, 1.54) is 4.90 Å². The number of likely N-dealkylation sites (N-methyl/N-ethyl adjacent to an activating group) is 1. The molecule has 0 aliphatic carbocycles. The van der Waals surface area contributed by atoms with Gasteiger partial charge in [-0.25, -0.2) is 9.59 Å². The van der Waals surface area contributed by atoms with E-state index in [0.717, 1.165) is 10.8 Å². The third kappa shape index (κ3) is 7.16. The first-order valence-corrected chi connectivity index (χ1v) is 15.1. The van der Waals surface area contributed by atoms with Crippen LogP contribution in [0.4, 0.5) is 26.7 Å². The molecule has 1 aliphatic rings. The zero-order valence-corrected chi connectivity index (χ0v) is 26.3. The summed E-state index contributed by atoms with van der Waals surface area (Å²) in [4.78, 5) is 43.4. The van der Waals surface area contributed by atoms with E-state index in [4.69, 9.17) is 9.47 Å². The number of anilines is 3. The number of hydrogen-bond acceptors (Lipinski definition) is 6. The number of hydrogen-bond donors (Lipinski definition) is 4. The van der Waals surface area contributed by atoms with Gasteiger partial charge in [0.1, 0.15) is 11.9 Å². The van der Waals surface area contributed by atoms with Crippen LogP contribution < -0.4 is 25.4 Å². The minimum absolute atomic E-state index is 0.175. The summed E-state index contributed by atoms with van der Waals surface area (Å²) in [6, 6.07) is 24.0. The first kappa shape index (κ1) is 32.1. The maximum Gasteiger partial charge on any atom is 0.323 e. The smallest absolute Gasteiger partial charge is 0.323 e. The molecule has 0 saturated heterocycles. The van der Waals surface area contributed by atoms with Crippen LogP contribution in [0.1, 0.15) is 24.2 Å². The van der Waals surface area contributed by atoms with Crippen molar-refractivity contribution in [2.24, 2.45) is 5.92 Å². The van der Waals surface area contributed by atoms with E-state index in [0.29, 0.717) is 22.8 Å². The second-order valence-corrected chi connectivity index (χ2v) is 11.4. The van der Waals surface area contributed by atoms with E-state index in [9.17, 15) is 19.5 Å². The summed E-state index contributed by atoms with van der Waals surface area (Å²) in [5.74, 6) is 0.287. The molecule has 0 radical (unpaired) electrons. The van der Waals surface area contributed by atoms with E-state index in [2.05, 4.69) is 16.0 Å². The Hall–Kier alpha value is -5.29. The van der Waals surface area contributed by atoms with Crippen molar-refractivity contribution in [2.45, 2.75) is 26.0 Å². The van der Waals surface area contributed by atoms with Gasteiger partial charge >= 0.3 is 12.1 Å². The number of carbonyl (C=O) groups is 3. The summed E-state index contributed by atoms with van der Waals surface area (Å²) < 4.78 is 11.7. The Morgan fingerprint density at radius 1 is 0.978 bits per heavy atom. The van der Waals surface area contributed by atoms with Crippen LogP contribution in [0.3, 0.4) is 0 Å². The van der Waals surface area contributed by atoms with Gasteiger partial charge in [0, 0.05) is 30.6 Å². The number of urea groups is 2.